The van der Waals surface area contributed by atoms with Gasteiger partial charge in [-0.3, -0.25) is 8.89 Å². The molecule has 0 N–H and O–H groups in total. The van der Waals surface area contributed by atoms with Gasteiger partial charge in [0.2, 0.25) is 0 Å². The molecular weight excluding hydrogens is 211 g/mol. The minimum Gasteiger partial charge on any atom is -0.767 e. The van der Waals surface area contributed by atoms with Crippen LogP contribution in [0.5, 0.6) is 0 Å². The molecule has 0 aliphatic heterocycles. The molecule has 0 saturated carbocycles. The van der Waals surface area contributed by atoms with Crippen molar-refractivity contribution in [1.29, 1.82) is 0 Å². The monoisotopic (exact) mass is 222 g/mol. The summed E-state index contributed by atoms with van der Waals surface area (Å²) in [5.74, 6) is 0. The molecule has 1 aliphatic carbocycles. The summed E-state index contributed by atoms with van der Waals surface area (Å²) in [4.78, 5) is 0. The first-order valence-corrected chi connectivity index (χ1v) is 5.41. The molecule has 72 valence electrons. The standard InChI is InChI=1S/C8H12N2O2S.Na/c1-10-8(13(11)12)6-4-2-3-5-7(6)9-10;/h2-5H2,1H3,(H,11,12);/q;+1/p-1. The van der Waals surface area contributed by atoms with Crippen LogP contribution in [0.15, 0.2) is 5.03 Å². The van der Waals surface area contributed by atoms with E-state index >= 15 is 0 Å². The third-order valence-electron chi connectivity index (χ3n) is 2.42. The van der Waals surface area contributed by atoms with Gasteiger partial charge in [0.25, 0.3) is 0 Å². The number of nitrogens with zero attached hydrogens (tertiary/aromatic N) is 2. The molecule has 14 heavy (non-hydrogen) atoms. The minimum absolute atomic E-state index is 0. The number of rotatable bonds is 1. The first kappa shape index (κ1) is 12.4. The van der Waals surface area contributed by atoms with Crippen molar-refractivity contribution in [2.75, 3.05) is 0 Å². The number of fused-ring (bicyclic) bond motifs is 1. The Morgan fingerprint density at radius 2 is 2.07 bits per heavy atom. The molecule has 0 spiro atoms. The number of hydrogen-bond donors (Lipinski definition) is 0. The molecule has 2 rings (SSSR count). The first-order chi connectivity index (χ1) is 6.20. The van der Waals surface area contributed by atoms with Gasteiger partial charge in [0, 0.05) is 12.6 Å². The maximum absolute atomic E-state index is 10.9. The summed E-state index contributed by atoms with van der Waals surface area (Å²) in [6, 6.07) is 0. The van der Waals surface area contributed by atoms with Crippen molar-refractivity contribution in [3.8, 4) is 0 Å². The molecule has 1 aliphatic rings. The van der Waals surface area contributed by atoms with Crippen molar-refractivity contribution >= 4 is 11.1 Å². The van der Waals surface area contributed by atoms with E-state index in [0.29, 0.717) is 5.03 Å². The molecule has 0 amide bonds. The van der Waals surface area contributed by atoms with Gasteiger partial charge in [-0.2, -0.15) is 5.10 Å². The van der Waals surface area contributed by atoms with Crippen LogP contribution in [0.2, 0.25) is 0 Å². The zero-order chi connectivity index (χ0) is 9.42. The third-order valence-corrected chi connectivity index (χ3v) is 3.25. The van der Waals surface area contributed by atoms with Gasteiger partial charge in [-0.05, 0) is 36.8 Å². The maximum Gasteiger partial charge on any atom is 1.00 e. The molecule has 0 saturated heterocycles. The summed E-state index contributed by atoms with van der Waals surface area (Å²) in [5.41, 5.74) is 1.90. The zero-order valence-electron chi connectivity index (χ0n) is 8.45. The number of hydrogen-bond acceptors (Lipinski definition) is 3. The summed E-state index contributed by atoms with van der Waals surface area (Å²) in [6.45, 7) is 0. The smallest absolute Gasteiger partial charge is 0.767 e. The van der Waals surface area contributed by atoms with E-state index in [2.05, 4.69) is 5.10 Å². The number of aromatic nitrogens is 2. The summed E-state index contributed by atoms with van der Waals surface area (Å²) >= 11 is -2.15. The molecule has 0 radical (unpaired) electrons. The fourth-order valence-corrected chi connectivity index (χ4v) is 2.54. The molecule has 1 aromatic heterocycles. The first-order valence-electron chi connectivity index (χ1n) is 4.34. The van der Waals surface area contributed by atoms with Crippen LogP contribution in [-0.2, 0) is 31.0 Å². The number of aryl methyl sites for hydroxylation is 2. The van der Waals surface area contributed by atoms with Gasteiger partial charge < -0.3 is 4.55 Å². The minimum atomic E-state index is -2.15. The largest absolute Gasteiger partial charge is 1.00 e. The van der Waals surface area contributed by atoms with Crippen LogP contribution in [0.1, 0.15) is 24.1 Å². The van der Waals surface area contributed by atoms with Crippen molar-refractivity contribution in [3.05, 3.63) is 11.3 Å². The third kappa shape index (κ3) is 2.12. The van der Waals surface area contributed by atoms with Gasteiger partial charge in [0.15, 0.2) is 0 Å². The van der Waals surface area contributed by atoms with Crippen LogP contribution in [0.4, 0.5) is 0 Å². The van der Waals surface area contributed by atoms with Crippen LogP contribution in [0.3, 0.4) is 0 Å². The second kappa shape index (κ2) is 4.90. The second-order valence-corrected chi connectivity index (χ2v) is 4.15. The van der Waals surface area contributed by atoms with E-state index in [9.17, 15) is 8.76 Å². The molecule has 1 unspecified atom stereocenters. The van der Waals surface area contributed by atoms with E-state index in [1.54, 1.807) is 7.05 Å². The van der Waals surface area contributed by atoms with E-state index in [1.165, 1.54) is 4.68 Å². The molecular formula is C8H11N2NaO2S. The summed E-state index contributed by atoms with van der Waals surface area (Å²) < 4.78 is 23.3. The Balaban J connectivity index is 0.000000980. The van der Waals surface area contributed by atoms with Gasteiger partial charge in [-0.25, -0.2) is 0 Å². The van der Waals surface area contributed by atoms with Crippen molar-refractivity contribution < 1.29 is 38.3 Å². The van der Waals surface area contributed by atoms with Crippen molar-refractivity contribution in [2.45, 2.75) is 30.7 Å². The SMILES string of the molecule is Cn1nc2c(c1S(=O)[O-])CCCC2.[Na+]. The molecule has 1 aromatic rings. The van der Waals surface area contributed by atoms with Gasteiger partial charge in [0.1, 0.15) is 5.03 Å². The van der Waals surface area contributed by atoms with Crippen LogP contribution < -0.4 is 29.6 Å². The predicted molar refractivity (Wildman–Crippen MR) is 47.0 cm³/mol. The topological polar surface area (TPSA) is 58.0 Å². The predicted octanol–water partition coefficient (Wildman–Crippen LogP) is -2.46. The van der Waals surface area contributed by atoms with E-state index < -0.39 is 11.1 Å². The van der Waals surface area contributed by atoms with Gasteiger partial charge in [-0.15, -0.1) is 0 Å². The normalized spacial score (nSPS) is 17.0. The average molecular weight is 222 g/mol. The molecule has 0 bridgehead atoms. The van der Waals surface area contributed by atoms with Crippen LogP contribution in [0.25, 0.3) is 0 Å². The Morgan fingerprint density at radius 1 is 1.43 bits per heavy atom. The molecule has 4 nitrogen and oxygen atoms in total. The van der Waals surface area contributed by atoms with Crippen LogP contribution >= 0.6 is 0 Å². The molecule has 1 heterocycles. The van der Waals surface area contributed by atoms with Crippen molar-refractivity contribution in [1.82, 2.24) is 9.78 Å². The fraction of sp³-hybridized carbons (Fsp3) is 0.625. The van der Waals surface area contributed by atoms with Gasteiger partial charge in [0.05, 0.1) is 5.69 Å². The molecule has 6 heteroatoms. The van der Waals surface area contributed by atoms with Crippen molar-refractivity contribution in [3.63, 3.8) is 0 Å². The van der Waals surface area contributed by atoms with Crippen LogP contribution in [-0.4, -0.2) is 18.5 Å². The van der Waals surface area contributed by atoms with E-state index in [-0.39, 0.29) is 29.6 Å². The van der Waals surface area contributed by atoms with Crippen LogP contribution in [0, 0.1) is 0 Å². The summed E-state index contributed by atoms with van der Waals surface area (Å²) in [7, 11) is 1.68. The Morgan fingerprint density at radius 3 is 2.71 bits per heavy atom. The zero-order valence-corrected chi connectivity index (χ0v) is 11.3. The van der Waals surface area contributed by atoms with Gasteiger partial charge >= 0.3 is 29.6 Å². The quantitative estimate of drug-likeness (QED) is 0.391. The molecule has 1 atom stereocenters. The van der Waals surface area contributed by atoms with Gasteiger partial charge in [-0.1, -0.05) is 0 Å². The fourth-order valence-electron chi connectivity index (χ4n) is 1.86. The summed E-state index contributed by atoms with van der Waals surface area (Å²) in [6.07, 6.45) is 3.96. The van der Waals surface area contributed by atoms with Crippen molar-refractivity contribution in [2.24, 2.45) is 7.05 Å². The summed E-state index contributed by atoms with van der Waals surface area (Å²) in [5, 5.41) is 4.57. The maximum atomic E-state index is 10.9. The molecule has 0 fully saturated rings. The van der Waals surface area contributed by atoms with E-state index in [4.69, 9.17) is 0 Å². The molecule has 0 aromatic carbocycles. The average Bonchev–Trinajstić information content (AvgIpc) is 2.39. The Labute approximate surface area is 108 Å². The Bertz CT molecular complexity index is 364. The van der Waals surface area contributed by atoms with E-state index in [0.717, 1.165) is 36.9 Å². The Hall–Kier alpha value is 0.320. The second-order valence-electron chi connectivity index (χ2n) is 3.30. The Kier molecular flexibility index (Phi) is 4.33. The van der Waals surface area contributed by atoms with E-state index in [1.807, 2.05) is 0 Å².